The molecule has 0 aliphatic carbocycles. The van der Waals surface area contributed by atoms with Crippen molar-refractivity contribution in [2.75, 3.05) is 13.1 Å². The number of nitriles is 1. The smallest absolute Gasteiger partial charge is 0.264 e. The molecule has 1 aliphatic rings. The van der Waals surface area contributed by atoms with Crippen LogP contribution in [0.3, 0.4) is 0 Å². The van der Waals surface area contributed by atoms with Crippen LogP contribution in [0.15, 0.2) is 12.1 Å². The van der Waals surface area contributed by atoms with E-state index in [1.807, 2.05) is 26.0 Å². The molecule has 2 rings (SSSR count). The molecule has 0 saturated carbocycles. The minimum Gasteiger partial charge on any atom is -0.480 e. The molecule has 0 saturated heterocycles. The van der Waals surface area contributed by atoms with Crippen LogP contribution in [0.2, 0.25) is 0 Å². The Morgan fingerprint density at radius 2 is 2.16 bits per heavy atom. The number of hydrogen-bond donors (Lipinski definition) is 0. The second-order valence-corrected chi connectivity index (χ2v) is 4.87. The third kappa shape index (κ3) is 2.55. The molecule has 4 heteroatoms. The van der Waals surface area contributed by atoms with Crippen LogP contribution in [0.1, 0.15) is 23.6 Å². The van der Waals surface area contributed by atoms with Crippen LogP contribution in [-0.2, 0) is 11.2 Å². The minimum absolute atomic E-state index is 0.101. The summed E-state index contributed by atoms with van der Waals surface area (Å²) in [6, 6.07) is 6.08. The lowest BCUT2D eigenvalue weighted by molar-refractivity contribution is -0.137. The highest BCUT2D eigenvalue weighted by Gasteiger charge is 2.32. The summed E-state index contributed by atoms with van der Waals surface area (Å²) in [6.07, 6.45) is 0.113. The molecule has 1 aliphatic heterocycles. The lowest BCUT2D eigenvalue weighted by atomic mass is 10.0. The van der Waals surface area contributed by atoms with Gasteiger partial charge in [0, 0.05) is 13.0 Å². The van der Waals surface area contributed by atoms with Crippen molar-refractivity contribution in [2.24, 2.45) is 0 Å². The molecule has 19 heavy (non-hydrogen) atoms. The van der Waals surface area contributed by atoms with Gasteiger partial charge in [-0.05, 0) is 43.5 Å². The molecule has 100 valence electrons. The largest absolute Gasteiger partial charge is 0.480 e. The summed E-state index contributed by atoms with van der Waals surface area (Å²) in [7, 11) is 0. The van der Waals surface area contributed by atoms with Crippen molar-refractivity contribution < 1.29 is 9.53 Å². The van der Waals surface area contributed by atoms with Crippen molar-refractivity contribution in [3.05, 3.63) is 28.8 Å². The van der Waals surface area contributed by atoms with Gasteiger partial charge in [-0.25, -0.2) is 0 Å². The van der Waals surface area contributed by atoms with Gasteiger partial charge in [0.1, 0.15) is 12.3 Å². The lowest BCUT2D eigenvalue weighted by Crippen LogP contribution is -2.41. The number of carbonyl (C=O) groups is 1. The van der Waals surface area contributed by atoms with Gasteiger partial charge in [-0.15, -0.1) is 0 Å². The molecule has 1 aromatic carbocycles. The molecular weight excluding hydrogens is 240 g/mol. The van der Waals surface area contributed by atoms with Crippen LogP contribution >= 0.6 is 0 Å². The Kier molecular flexibility index (Phi) is 3.75. The summed E-state index contributed by atoms with van der Waals surface area (Å²) in [5.74, 6) is 0.699. The monoisotopic (exact) mass is 258 g/mol. The number of benzene rings is 1. The standard InChI is InChI=1S/C15H18N2O2/c1-4-17(6-5-16)15(18)14-9-12-7-10(2)11(3)8-13(12)19-14/h7-8,14H,4,6,9H2,1-3H3. The van der Waals surface area contributed by atoms with Gasteiger partial charge in [0.05, 0.1) is 6.07 Å². The van der Waals surface area contributed by atoms with E-state index in [1.165, 1.54) is 10.5 Å². The van der Waals surface area contributed by atoms with Gasteiger partial charge in [-0.2, -0.15) is 5.26 Å². The quantitative estimate of drug-likeness (QED) is 0.779. The highest BCUT2D eigenvalue weighted by molar-refractivity contribution is 5.83. The van der Waals surface area contributed by atoms with Gasteiger partial charge in [-0.3, -0.25) is 4.79 Å². The summed E-state index contributed by atoms with van der Waals surface area (Å²) in [5.41, 5.74) is 3.45. The van der Waals surface area contributed by atoms with Gasteiger partial charge in [-0.1, -0.05) is 6.07 Å². The lowest BCUT2D eigenvalue weighted by Gasteiger charge is -2.20. The van der Waals surface area contributed by atoms with Gasteiger partial charge in [0.25, 0.3) is 5.91 Å². The van der Waals surface area contributed by atoms with Crippen LogP contribution in [-0.4, -0.2) is 30.0 Å². The first kappa shape index (κ1) is 13.4. The average molecular weight is 258 g/mol. The fourth-order valence-corrected chi connectivity index (χ4v) is 2.29. The summed E-state index contributed by atoms with van der Waals surface area (Å²) in [5, 5.41) is 8.72. The number of amides is 1. The predicted molar refractivity (Wildman–Crippen MR) is 71.9 cm³/mol. The Balaban J connectivity index is 2.15. The summed E-state index contributed by atoms with van der Waals surface area (Å²) < 4.78 is 5.73. The third-order valence-electron chi connectivity index (χ3n) is 3.58. The number of rotatable bonds is 3. The van der Waals surface area contributed by atoms with Crippen molar-refractivity contribution in [3.63, 3.8) is 0 Å². The molecule has 0 fully saturated rings. The number of carbonyl (C=O) groups excluding carboxylic acids is 1. The van der Waals surface area contributed by atoms with Crippen molar-refractivity contribution in [1.82, 2.24) is 4.90 Å². The molecule has 1 aromatic rings. The molecule has 4 nitrogen and oxygen atoms in total. The van der Waals surface area contributed by atoms with E-state index in [9.17, 15) is 4.79 Å². The van der Waals surface area contributed by atoms with Gasteiger partial charge in [0.2, 0.25) is 0 Å². The van der Waals surface area contributed by atoms with E-state index >= 15 is 0 Å². The molecule has 0 radical (unpaired) electrons. The normalized spacial score (nSPS) is 16.4. The summed E-state index contributed by atoms with van der Waals surface area (Å²) in [6.45, 7) is 6.59. The SMILES string of the molecule is CCN(CC#N)C(=O)C1Cc2cc(C)c(C)cc2O1. The number of aryl methyl sites for hydroxylation is 2. The Bertz CT molecular complexity index is 515. The maximum absolute atomic E-state index is 12.3. The molecule has 0 N–H and O–H groups in total. The third-order valence-corrected chi connectivity index (χ3v) is 3.58. The van der Waals surface area contributed by atoms with Crippen LogP contribution < -0.4 is 4.74 Å². The van der Waals surface area contributed by atoms with E-state index in [2.05, 4.69) is 13.0 Å². The maximum Gasteiger partial charge on any atom is 0.264 e. The Morgan fingerprint density at radius 3 is 2.79 bits per heavy atom. The van der Waals surface area contributed by atoms with Crippen LogP contribution in [0.4, 0.5) is 0 Å². The van der Waals surface area contributed by atoms with E-state index < -0.39 is 6.10 Å². The molecule has 1 unspecified atom stereocenters. The zero-order valence-corrected chi connectivity index (χ0v) is 11.6. The molecule has 1 heterocycles. The highest BCUT2D eigenvalue weighted by Crippen LogP contribution is 2.32. The Morgan fingerprint density at radius 1 is 1.47 bits per heavy atom. The topological polar surface area (TPSA) is 53.3 Å². The van der Waals surface area contributed by atoms with E-state index in [0.29, 0.717) is 13.0 Å². The number of hydrogen-bond acceptors (Lipinski definition) is 3. The van der Waals surface area contributed by atoms with Crippen molar-refractivity contribution in [3.8, 4) is 11.8 Å². The first-order valence-corrected chi connectivity index (χ1v) is 6.49. The van der Waals surface area contributed by atoms with Crippen LogP contribution in [0, 0.1) is 25.2 Å². The fraction of sp³-hybridized carbons (Fsp3) is 0.467. The molecule has 1 amide bonds. The number of nitrogens with zero attached hydrogens (tertiary/aromatic N) is 2. The first-order chi connectivity index (χ1) is 9.06. The van der Waals surface area contributed by atoms with Crippen molar-refractivity contribution in [2.45, 2.75) is 33.3 Å². The second-order valence-electron chi connectivity index (χ2n) is 4.87. The van der Waals surface area contributed by atoms with Crippen LogP contribution in [0.5, 0.6) is 5.75 Å². The number of fused-ring (bicyclic) bond motifs is 1. The van der Waals surface area contributed by atoms with E-state index in [-0.39, 0.29) is 12.5 Å². The zero-order valence-electron chi connectivity index (χ0n) is 11.6. The summed E-state index contributed by atoms with van der Waals surface area (Å²) in [4.78, 5) is 13.8. The van der Waals surface area contributed by atoms with Crippen molar-refractivity contribution in [1.29, 1.82) is 5.26 Å². The Labute approximate surface area is 113 Å². The molecule has 0 spiro atoms. The minimum atomic E-state index is -0.482. The molecule has 0 aromatic heterocycles. The van der Waals surface area contributed by atoms with E-state index in [0.717, 1.165) is 16.9 Å². The van der Waals surface area contributed by atoms with Crippen molar-refractivity contribution >= 4 is 5.91 Å². The van der Waals surface area contributed by atoms with Gasteiger partial charge >= 0.3 is 0 Å². The van der Waals surface area contributed by atoms with Crippen LogP contribution in [0.25, 0.3) is 0 Å². The van der Waals surface area contributed by atoms with Gasteiger partial charge < -0.3 is 9.64 Å². The predicted octanol–water partition coefficient (Wildman–Crippen LogP) is 1.98. The number of ether oxygens (including phenoxy) is 1. The molecule has 0 bridgehead atoms. The second kappa shape index (κ2) is 5.31. The maximum atomic E-state index is 12.3. The fourth-order valence-electron chi connectivity index (χ4n) is 2.29. The van der Waals surface area contributed by atoms with E-state index in [1.54, 1.807) is 0 Å². The highest BCUT2D eigenvalue weighted by atomic mass is 16.5. The summed E-state index contributed by atoms with van der Waals surface area (Å²) >= 11 is 0. The zero-order chi connectivity index (χ0) is 14.0. The molecular formula is C15H18N2O2. The average Bonchev–Trinajstić information content (AvgIpc) is 2.78. The van der Waals surface area contributed by atoms with Gasteiger partial charge in [0.15, 0.2) is 6.10 Å². The van der Waals surface area contributed by atoms with E-state index in [4.69, 9.17) is 10.00 Å². The Hall–Kier alpha value is -2.02. The first-order valence-electron chi connectivity index (χ1n) is 6.49. The molecule has 1 atom stereocenters. The number of likely N-dealkylation sites (N-methyl/N-ethyl adjacent to an activating group) is 1.